The van der Waals surface area contributed by atoms with Crippen LogP contribution in [0.25, 0.3) is 22.4 Å². The van der Waals surface area contributed by atoms with E-state index >= 15 is 0 Å². The van der Waals surface area contributed by atoms with Gasteiger partial charge < -0.3 is 9.84 Å². The van der Waals surface area contributed by atoms with E-state index in [-0.39, 0.29) is 11.9 Å². The molecule has 2 aliphatic carbocycles. The monoisotopic (exact) mass is 375 g/mol. The predicted molar refractivity (Wildman–Crippen MR) is 108 cm³/mol. The molecule has 2 aliphatic rings. The van der Waals surface area contributed by atoms with E-state index in [4.69, 9.17) is 4.52 Å². The van der Waals surface area contributed by atoms with E-state index in [1.54, 1.807) is 0 Å². The maximum absolute atomic E-state index is 13.2. The van der Waals surface area contributed by atoms with Crippen molar-refractivity contribution >= 4 is 17.0 Å². The molecule has 1 amide bonds. The summed E-state index contributed by atoms with van der Waals surface area (Å²) in [6, 6.07) is 10.4. The number of carbonyl (C=O) groups is 1. The number of rotatable bonds is 4. The Hall–Kier alpha value is -2.69. The molecule has 2 saturated carbocycles. The van der Waals surface area contributed by atoms with Crippen LogP contribution in [-0.2, 0) is 0 Å². The largest absolute Gasteiger partial charge is 0.349 e. The molecular formula is C23H25N3O2. The van der Waals surface area contributed by atoms with E-state index in [1.807, 2.05) is 30.3 Å². The molecular weight excluding hydrogens is 350 g/mol. The Morgan fingerprint density at radius 2 is 1.82 bits per heavy atom. The van der Waals surface area contributed by atoms with Gasteiger partial charge in [-0.1, -0.05) is 54.2 Å². The number of fused-ring (bicyclic) bond motifs is 1. The molecule has 0 radical (unpaired) electrons. The molecule has 0 saturated heterocycles. The number of aromatic nitrogens is 2. The van der Waals surface area contributed by atoms with E-state index in [0.717, 1.165) is 42.3 Å². The second kappa shape index (κ2) is 7.04. The zero-order valence-corrected chi connectivity index (χ0v) is 16.2. The summed E-state index contributed by atoms with van der Waals surface area (Å²) in [5.74, 6) is 0.413. The summed E-state index contributed by atoms with van der Waals surface area (Å²) < 4.78 is 5.59. The van der Waals surface area contributed by atoms with Crippen molar-refractivity contribution in [2.45, 2.75) is 63.8 Å². The van der Waals surface area contributed by atoms with Crippen molar-refractivity contribution in [1.82, 2.24) is 15.5 Å². The molecule has 5 nitrogen and oxygen atoms in total. The van der Waals surface area contributed by atoms with Crippen molar-refractivity contribution in [3.63, 3.8) is 0 Å². The number of nitrogens with zero attached hydrogens (tertiary/aromatic N) is 2. The predicted octanol–water partition coefficient (Wildman–Crippen LogP) is 5.14. The number of hydrogen-bond acceptors (Lipinski definition) is 4. The normalized spacial score (nSPS) is 17.8. The molecule has 1 aromatic carbocycles. The standard InChI is InChI=1S/C23H25N3O2/c1-14-7-9-16(10-8-14)21-20-18(22(27)24-17-5-3-2-4-6-17)13-19(15-11-12-15)25-23(20)28-26-21/h7-10,13,15,17H,2-6,11-12H2,1H3,(H,24,27). The highest BCUT2D eigenvalue weighted by atomic mass is 16.5. The highest BCUT2D eigenvalue weighted by Crippen LogP contribution is 2.41. The first-order chi connectivity index (χ1) is 13.7. The van der Waals surface area contributed by atoms with E-state index < -0.39 is 0 Å². The van der Waals surface area contributed by atoms with E-state index in [1.165, 1.54) is 24.8 Å². The third kappa shape index (κ3) is 3.30. The molecule has 5 heteroatoms. The molecule has 144 valence electrons. The molecule has 3 aromatic rings. The number of amides is 1. The van der Waals surface area contributed by atoms with Gasteiger partial charge in [0.2, 0.25) is 0 Å². The van der Waals surface area contributed by atoms with Crippen molar-refractivity contribution in [3.05, 3.63) is 47.2 Å². The van der Waals surface area contributed by atoms with Crippen molar-refractivity contribution in [3.8, 4) is 11.3 Å². The third-order valence-corrected chi connectivity index (χ3v) is 5.97. The fourth-order valence-electron chi connectivity index (χ4n) is 4.16. The minimum atomic E-state index is -0.0299. The Morgan fingerprint density at radius 3 is 2.54 bits per heavy atom. The second-order valence-electron chi connectivity index (χ2n) is 8.25. The van der Waals surface area contributed by atoms with Crippen LogP contribution < -0.4 is 5.32 Å². The molecule has 0 aliphatic heterocycles. The first kappa shape index (κ1) is 17.4. The number of nitrogens with one attached hydrogen (secondary N) is 1. The Labute approximate surface area is 164 Å². The lowest BCUT2D eigenvalue weighted by Crippen LogP contribution is -2.36. The van der Waals surface area contributed by atoms with Gasteiger partial charge in [-0.05, 0) is 38.7 Å². The Balaban J connectivity index is 1.59. The van der Waals surface area contributed by atoms with Crippen molar-refractivity contribution in [1.29, 1.82) is 0 Å². The molecule has 28 heavy (non-hydrogen) atoms. The number of benzene rings is 1. The molecule has 0 bridgehead atoms. The lowest BCUT2D eigenvalue weighted by Gasteiger charge is -2.23. The quantitative estimate of drug-likeness (QED) is 0.686. The van der Waals surface area contributed by atoms with Crippen LogP contribution in [0.5, 0.6) is 0 Å². The van der Waals surface area contributed by atoms with Crippen molar-refractivity contribution < 1.29 is 9.32 Å². The van der Waals surface area contributed by atoms with Crippen LogP contribution in [0.4, 0.5) is 0 Å². The van der Waals surface area contributed by atoms with Gasteiger partial charge in [0.1, 0.15) is 5.69 Å². The summed E-state index contributed by atoms with van der Waals surface area (Å²) >= 11 is 0. The Morgan fingerprint density at radius 1 is 1.07 bits per heavy atom. The zero-order chi connectivity index (χ0) is 19.1. The number of hydrogen-bond donors (Lipinski definition) is 1. The van der Waals surface area contributed by atoms with Gasteiger partial charge in [0.05, 0.1) is 10.9 Å². The summed E-state index contributed by atoms with van der Waals surface area (Å²) in [5, 5.41) is 8.27. The molecule has 0 unspecified atom stereocenters. The fraction of sp³-hybridized carbons (Fsp3) is 0.435. The van der Waals surface area contributed by atoms with Crippen LogP contribution in [0, 0.1) is 6.92 Å². The van der Waals surface area contributed by atoms with Gasteiger partial charge in [-0.2, -0.15) is 0 Å². The summed E-state index contributed by atoms with van der Waals surface area (Å²) in [5.41, 5.74) is 4.88. The average molecular weight is 375 g/mol. The van der Waals surface area contributed by atoms with Crippen LogP contribution in [0.1, 0.15) is 72.5 Å². The highest BCUT2D eigenvalue weighted by molar-refractivity contribution is 6.09. The van der Waals surface area contributed by atoms with Gasteiger partial charge >= 0.3 is 0 Å². The van der Waals surface area contributed by atoms with Crippen LogP contribution in [-0.4, -0.2) is 22.1 Å². The maximum atomic E-state index is 13.2. The topological polar surface area (TPSA) is 68.0 Å². The smallest absolute Gasteiger partial charge is 0.259 e. The molecule has 2 aromatic heterocycles. The van der Waals surface area contributed by atoms with Crippen LogP contribution in [0.15, 0.2) is 34.9 Å². The third-order valence-electron chi connectivity index (χ3n) is 5.97. The van der Waals surface area contributed by atoms with E-state index in [9.17, 15) is 4.79 Å². The minimum absolute atomic E-state index is 0.0299. The SMILES string of the molecule is Cc1ccc(-c2noc3nc(C4CC4)cc(C(=O)NC4CCCCC4)c23)cc1. The van der Waals surface area contributed by atoms with Gasteiger partial charge in [0.25, 0.3) is 11.6 Å². The summed E-state index contributed by atoms with van der Waals surface area (Å²) in [6.07, 6.45) is 8.01. The van der Waals surface area contributed by atoms with E-state index in [0.29, 0.717) is 22.9 Å². The molecule has 0 spiro atoms. The van der Waals surface area contributed by atoms with Gasteiger partial charge in [-0.25, -0.2) is 4.98 Å². The highest BCUT2D eigenvalue weighted by Gasteiger charge is 2.30. The number of pyridine rings is 1. The van der Waals surface area contributed by atoms with Crippen molar-refractivity contribution in [2.24, 2.45) is 0 Å². The lowest BCUT2D eigenvalue weighted by atomic mass is 9.95. The summed E-state index contributed by atoms with van der Waals surface area (Å²) in [6.45, 7) is 2.05. The number of carbonyl (C=O) groups excluding carboxylic acids is 1. The lowest BCUT2D eigenvalue weighted by molar-refractivity contribution is 0.0929. The van der Waals surface area contributed by atoms with Gasteiger partial charge in [-0.3, -0.25) is 4.79 Å². The number of aryl methyl sites for hydroxylation is 1. The molecule has 5 rings (SSSR count). The zero-order valence-electron chi connectivity index (χ0n) is 16.2. The Bertz CT molecular complexity index is 1010. The first-order valence-electron chi connectivity index (χ1n) is 10.4. The van der Waals surface area contributed by atoms with Crippen LogP contribution in [0.3, 0.4) is 0 Å². The van der Waals surface area contributed by atoms with Crippen LogP contribution >= 0.6 is 0 Å². The summed E-state index contributed by atoms with van der Waals surface area (Å²) in [7, 11) is 0. The molecule has 0 atom stereocenters. The van der Waals surface area contributed by atoms with Crippen molar-refractivity contribution in [2.75, 3.05) is 0 Å². The van der Waals surface area contributed by atoms with Gasteiger partial charge in [-0.15, -0.1) is 0 Å². The molecule has 2 fully saturated rings. The molecule has 2 heterocycles. The fourth-order valence-corrected chi connectivity index (χ4v) is 4.16. The Kier molecular flexibility index (Phi) is 4.38. The van der Waals surface area contributed by atoms with Crippen LogP contribution in [0.2, 0.25) is 0 Å². The maximum Gasteiger partial charge on any atom is 0.259 e. The van der Waals surface area contributed by atoms with Gasteiger partial charge in [0, 0.05) is 23.2 Å². The molecule has 1 N–H and O–H groups in total. The van der Waals surface area contributed by atoms with Gasteiger partial charge in [0.15, 0.2) is 0 Å². The first-order valence-corrected chi connectivity index (χ1v) is 10.4. The minimum Gasteiger partial charge on any atom is -0.349 e. The second-order valence-corrected chi connectivity index (χ2v) is 8.25. The summed E-state index contributed by atoms with van der Waals surface area (Å²) in [4.78, 5) is 17.9. The average Bonchev–Trinajstić information content (AvgIpc) is 3.48. The van der Waals surface area contributed by atoms with E-state index in [2.05, 4.69) is 22.4 Å².